The molecule has 0 aromatic heterocycles. The molecule has 5 aromatic rings. The van der Waals surface area contributed by atoms with E-state index in [1.807, 2.05) is 50.2 Å². The van der Waals surface area contributed by atoms with Crippen molar-refractivity contribution in [3.63, 3.8) is 0 Å². The predicted octanol–water partition coefficient (Wildman–Crippen LogP) is 11.1. The lowest BCUT2D eigenvalue weighted by molar-refractivity contribution is 0.290. The van der Waals surface area contributed by atoms with Crippen molar-refractivity contribution in [3.05, 3.63) is 151 Å². The molecule has 1 unspecified atom stereocenters. The maximum absolute atomic E-state index is 13.7. The molecule has 0 heterocycles. The molecular formula is C36H42O8P2. The van der Waals surface area contributed by atoms with Crippen LogP contribution in [0.2, 0.25) is 0 Å². The van der Waals surface area contributed by atoms with Crippen LogP contribution in [-0.4, -0.2) is 4.89 Å². The Balaban J connectivity index is 0.00000245. The van der Waals surface area contributed by atoms with Gasteiger partial charge in [-0.2, -0.15) is 4.57 Å². The first kappa shape index (κ1) is 37.7. The Morgan fingerprint density at radius 3 is 1.02 bits per heavy atom. The van der Waals surface area contributed by atoms with E-state index in [-0.39, 0.29) is 33.8 Å². The van der Waals surface area contributed by atoms with Gasteiger partial charge in [-0.25, -0.2) is 4.57 Å². The molecule has 1 atom stereocenters. The number of rotatable bonds is 12. The van der Waals surface area contributed by atoms with Gasteiger partial charge in [0.1, 0.15) is 28.7 Å². The summed E-state index contributed by atoms with van der Waals surface area (Å²) in [6.45, 7) is 4.08. The topological polar surface area (TPSA) is 101 Å². The van der Waals surface area contributed by atoms with Gasteiger partial charge >= 0.3 is 15.6 Å². The van der Waals surface area contributed by atoms with E-state index in [0.717, 1.165) is 11.1 Å². The largest absolute Gasteiger partial charge is 0.647 e. The van der Waals surface area contributed by atoms with Crippen molar-refractivity contribution in [2.24, 2.45) is 0 Å². The molecule has 244 valence electrons. The maximum atomic E-state index is 13.7. The van der Waals surface area contributed by atoms with E-state index in [2.05, 4.69) is 0 Å². The summed E-state index contributed by atoms with van der Waals surface area (Å²) < 4.78 is 53.8. The fourth-order valence-corrected chi connectivity index (χ4v) is 6.27. The molecule has 0 fully saturated rings. The highest BCUT2D eigenvalue weighted by Gasteiger charge is 2.33. The molecule has 0 radical (unpaired) electrons. The zero-order valence-electron chi connectivity index (χ0n) is 23.5. The van der Waals surface area contributed by atoms with Gasteiger partial charge in [-0.1, -0.05) is 115 Å². The van der Waals surface area contributed by atoms with Crippen molar-refractivity contribution in [2.45, 2.75) is 41.5 Å². The highest BCUT2D eigenvalue weighted by atomic mass is 31.2. The van der Waals surface area contributed by atoms with Crippen LogP contribution in [0.3, 0.4) is 0 Å². The smallest absolute Gasteiger partial charge is 0.395 e. The first-order chi connectivity index (χ1) is 20.6. The summed E-state index contributed by atoms with van der Waals surface area (Å²) in [5, 5.41) is 0. The van der Waals surface area contributed by atoms with Gasteiger partial charge in [0.15, 0.2) is 0 Å². The standard InChI is InChI=1S/C33H30O8P2.3CH4/c1-33(2,26-18-22-31(23-19-26)38-42(34,35)37-28-12-6-3-7-13-28)27-20-24-32(25-21-27)41-43(36,39-29-14-8-4-9-15-29)40-30-16-10-5-11-17-30;;;/h3-25H,1-2H3,(H,34,35);3*1H4. The summed E-state index contributed by atoms with van der Waals surface area (Å²) >= 11 is 0. The SMILES string of the molecule is C.C.C.CC(C)(c1ccc(OP(=O)(O)Oc2ccccc2)cc1)c1ccc(OP(=O)(Oc2ccccc2)Oc2ccccc2)cc1. The average molecular weight is 665 g/mol. The number of benzene rings is 5. The third-order valence-corrected chi connectivity index (χ3v) is 8.66. The van der Waals surface area contributed by atoms with Crippen LogP contribution in [0, 0.1) is 0 Å². The van der Waals surface area contributed by atoms with Gasteiger partial charge in [0.2, 0.25) is 0 Å². The predicted molar refractivity (Wildman–Crippen MR) is 185 cm³/mol. The van der Waals surface area contributed by atoms with Crippen molar-refractivity contribution in [1.82, 2.24) is 0 Å². The Kier molecular flexibility index (Phi) is 13.3. The normalized spacial score (nSPS) is 12.1. The Labute approximate surface area is 272 Å². The highest BCUT2D eigenvalue weighted by molar-refractivity contribution is 7.49. The molecular weight excluding hydrogens is 622 g/mol. The number of para-hydroxylation sites is 3. The minimum absolute atomic E-state index is 0. The molecule has 0 aliphatic heterocycles. The van der Waals surface area contributed by atoms with Crippen LogP contribution in [0.15, 0.2) is 140 Å². The molecule has 46 heavy (non-hydrogen) atoms. The van der Waals surface area contributed by atoms with Gasteiger partial charge in [0, 0.05) is 5.41 Å². The Morgan fingerprint density at radius 2 is 0.696 bits per heavy atom. The number of hydrogen-bond donors (Lipinski definition) is 1. The fourth-order valence-electron chi connectivity index (χ4n) is 4.20. The van der Waals surface area contributed by atoms with Crippen LogP contribution in [0.25, 0.3) is 0 Å². The molecule has 5 rings (SSSR count). The lowest BCUT2D eigenvalue weighted by Crippen LogP contribution is -2.18. The Bertz CT molecular complexity index is 1670. The quantitative estimate of drug-likeness (QED) is 0.132. The van der Waals surface area contributed by atoms with E-state index in [1.165, 1.54) is 0 Å². The molecule has 10 heteroatoms. The van der Waals surface area contributed by atoms with E-state index in [1.54, 1.807) is 103 Å². The van der Waals surface area contributed by atoms with Crippen LogP contribution in [0.1, 0.15) is 47.3 Å². The van der Waals surface area contributed by atoms with E-state index in [4.69, 9.17) is 22.6 Å². The molecule has 0 amide bonds. The van der Waals surface area contributed by atoms with Gasteiger partial charge in [-0.15, -0.1) is 0 Å². The zero-order chi connectivity index (χ0) is 30.3. The summed E-state index contributed by atoms with van der Waals surface area (Å²) in [6.07, 6.45) is 0. The van der Waals surface area contributed by atoms with Crippen molar-refractivity contribution < 1.29 is 36.6 Å². The lowest BCUT2D eigenvalue weighted by Gasteiger charge is -2.27. The zero-order valence-corrected chi connectivity index (χ0v) is 25.3. The fraction of sp³-hybridized carbons (Fsp3) is 0.167. The van der Waals surface area contributed by atoms with Crippen LogP contribution < -0.4 is 22.6 Å². The molecule has 1 N–H and O–H groups in total. The Hall–Kier alpha value is -4.48. The summed E-state index contributed by atoms with van der Waals surface area (Å²) in [7, 11) is -8.49. The van der Waals surface area contributed by atoms with Crippen molar-refractivity contribution in [3.8, 4) is 28.7 Å². The molecule has 0 spiro atoms. The third-order valence-electron chi connectivity index (χ3n) is 6.47. The van der Waals surface area contributed by atoms with Crippen LogP contribution in [-0.2, 0) is 14.5 Å². The third kappa shape index (κ3) is 10.0. The summed E-state index contributed by atoms with van der Waals surface area (Å²) in [5.41, 5.74) is 1.40. The first-order valence-corrected chi connectivity index (χ1v) is 16.3. The van der Waals surface area contributed by atoms with Crippen LogP contribution in [0.5, 0.6) is 28.7 Å². The molecule has 0 bridgehead atoms. The van der Waals surface area contributed by atoms with Gasteiger partial charge in [0.05, 0.1) is 0 Å². The molecule has 0 aliphatic rings. The number of phosphoric acid groups is 2. The van der Waals surface area contributed by atoms with Crippen LogP contribution in [0.4, 0.5) is 0 Å². The first-order valence-electron chi connectivity index (χ1n) is 13.4. The molecule has 5 aromatic carbocycles. The summed E-state index contributed by atoms with van der Waals surface area (Å²) in [4.78, 5) is 10.2. The molecule has 8 nitrogen and oxygen atoms in total. The van der Waals surface area contributed by atoms with Crippen molar-refractivity contribution >= 4 is 15.6 Å². The molecule has 0 aliphatic carbocycles. The minimum atomic E-state index is -4.38. The van der Waals surface area contributed by atoms with E-state index in [9.17, 15) is 14.0 Å². The van der Waals surface area contributed by atoms with Gasteiger partial charge in [-0.05, 0) is 71.8 Å². The monoisotopic (exact) mass is 664 g/mol. The van der Waals surface area contributed by atoms with Gasteiger partial charge < -0.3 is 22.6 Å². The van der Waals surface area contributed by atoms with Gasteiger partial charge in [-0.3, -0.25) is 4.89 Å². The second-order valence-electron chi connectivity index (χ2n) is 9.99. The van der Waals surface area contributed by atoms with E-state index < -0.39 is 21.1 Å². The van der Waals surface area contributed by atoms with Crippen LogP contribution >= 0.6 is 15.6 Å². The second kappa shape index (κ2) is 16.2. The second-order valence-corrected chi connectivity index (χ2v) is 12.7. The highest BCUT2D eigenvalue weighted by Crippen LogP contribution is 2.50. The van der Waals surface area contributed by atoms with Crippen molar-refractivity contribution in [1.29, 1.82) is 0 Å². The van der Waals surface area contributed by atoms with Gasteiger partial charge in [0.25, 0.3) is 0 Å². The van der Waals surface area contributed by atoms with E-state index >= 15 is 0 Å². The summed E-state index contributed by atoms with van der Waals surface area (Å²) in [6, 6.07) is 39.7. The minimum Gasteiger partial charge on any atom is -0.395 e. The molecule has 0 saturated carbocycles. The number of phosphoric ester groups is 2. The summed E-state index contributed by atoms with van der Waals surface area (Å²) in [5.74, 6) is 1.41. The molecule has 0 saturated heterocycles. The average Bonchev–Trinajstić information content (AvgIpc) is 2.98. The Morgan fingerprint density at radius 1 is 0.435 bits per heavy atom. The lowest BCUT2D eigenvalue weighted by atomic mass is 9.78. The number of hydrogen-bond acceptors (Lipinski definition) is 7. The van der Waals surface area contributed by atoms with Crippen molar-refractivity contribution in [2.75, 3.05) is 0 Å². The maximum Gasteiger partial charge on any atom is 0.647 e. The van der Waals surface area contributed by atoms with E-state index in [0.29, 0.717) is 17.2 Å².